The topological polar surface area (TPSA) is 70.2 Å². The number of amides is 1. The molecule has 1 fully saturated rings. The van der Waals surface area contributed by atoms with E-state index < -0.39 is 0 Å². The Kier molecular flexibility index (Phi) is 6.12. The minimum absolute atomic E-state index is 0.0108. The zero-order valence-corrected chi connectivity index (χ0v) is 17.6. The summed E-state index contributed by atoms with van der Waals surface area (Å²) in [6.45, 7) is 0.734. The van der Waals surface area contributed by atoms with Crippen LogP contribution in [0.2, 0.25) is 0 Å². The molecule has 0 aliphatic heterocycles. The van der Waals surface area contributed by atoms with E-state index in [0.29, 0.717) is 17.9 Å². The SMILES string of the molecule is CN(C)c1nc(N[C@H]2CC[C@@H](CNC(=O)c3ccccc3)CC2)nc2ccccc12. The molecule has 1 aliphatic carbocycles. The highest BCUT2D eigenvalue weighted by atomic mass is 16.1. The molecule has 2 aromatic carbocycles. The molecule has 0 bridgehead atoms. The Balaban J connectivity index is 1.32. The monoisotopic (exact) mass is 403 g/mol. The summed E-state index contributed by atoms with van der Waals surface area (Å²) < 4.78 is 0. The summed E-state index contributed by atoms with van der Waals surface area (Å²) in [4.78, 5) is 23.7. The smallest absolute Gasteiger partial charge is 0.251 e. The van der Waals surface area contributed by atoms with Crippen LogP contribution in [0.15, 0.2) is 54.6 Å². The standard InChI is InChI=1S/C24H29N5O/c1-29(2)22-20-10-6-7-11-21(20)27-24(28-22)26-19-14-12-17(13-15-19)16-25-23(30)18-8-4-3-5-9-18/h3-11,17,19H,12-16H2,1-2H3,(H,25,30)(H,26,27,28)/t17-,19+. The van der Waals surface area contributed by atoms with E-state index in [-0.39, 0.29) is 5.91 Å². The largest absolute Gasteiger partial charge is 0.362 e. The number of benzene rings is 2. The number of nitrogens with zero attached hydrogens (tertiary/aromatic N) is 3. The molecule has 1 saturated carbocycles. The van der Waals surface area contributed by atoms with Gasteiger partial charge in [0.05, 0.1) is 5.52 Å². The van der Waals surface area contributed by atoms with Gasteiger partial charge in [-0.25, -0.2) is 4.98 Å². The maximum absolute atomic E-state index is 12.2. The number of aromatic nitrogens is 2. The molecule has 0 saturated heterocycles. The lowest BCUT2D eigenvalue weighted by Gasteiger charge is -2.29. The van der Waals surface area contributed by atoms with E-state index >= 15 is 0 Å². The summed E-state index contributed by atoms with van der Waals surface area (Å²) >= 11 is 0. The van der Waals surface area contributed by atoms with Crippen molar-refractivity contribution in [3.63, 3.8) is 0 Å². The molecular weight excluding hydrogens is 374 g/mol. The van der Waals surface area contributed by atoms with Crippen LogP contribution in [0.25, 0.3) is 10.9 Å². The van der Waals surface area contributed by atoms with Gasteiger partial charge in [-0.15, -0.1) is 0 Å². The second kappa shape index (κ2) is 9.11. The third kappa shape index (κ3) is 4.70. The zero-order valence-electron chi connectivity index (χ0n) is 17.6. The highest BCUT2D eigenvalue weighted by Gasteiger charge is 2.23. The number of hydrogen-bond donors (Lipinski definition) is 2. The molecule has 0 unspecified atom stereocenters. The molecule has 156 valence electrons. The third-order valence-corrected chi connectivity index (χ3v) is 5.77. The van der Waals surface area contributed by atoms with Crippen molar-refractivity contribution in [3.8, 4) is 0 Å². The van der Waals surface area contributed by atoms with Crippen molar-refractivity contribution >= 4 is 28.6 Å². The van der Waals surface area contributed by atoms with Gasteiger partial charge in [-0.3, -0.25) is 4.79 Å². The molecular formula is C24H29N5O. The minimum Gasteiger partial charge on any atom is -0.362 e. The van der Waals surface area contributed by atoms with Crippen molar-refractivity contribution in [2.45, 2.75) is 31.7 Å². The summed E-state index contributed by atoms with van der Waals surface area (Å²) in [5, 5.41) is 7.69. The third-order valence-electron chi connectivity index (χ3n) is 5.77. The van der Waals surface area contributed by atoms with Gasteiger partial charge in [-0.05, 0) is 55.9 Å². The second-order valence-corrected chi connectivity index (χ2v) is 8.22. The van der Waals surface area contributed by atoms with Crippen LogP contribution in [0.1, 0.15) is 36.0 Å². The van der Waals surface area contributed by atoms with Crippen LogP contribution in [0.5, 0.6) is 0 Å². The maximum Gasteiger partial charge on any atom is 0.251 e. The number of nitrogens with one attached hydrogen (secondary N) is 2. The Morgan fingerprint density at radius 3 is 2.40 bits per heavy atom. The average Bonchev–Trinajstić information content (AvgIpc) is 2.78. The van der Waals surface area contributed by atoms with E-state index in [4.69, 9.17) is 9.97 Å². The number of rotatable bonds is 6. The van der Waals surface area contributed by atoms with Crippen LogP contribution in [0.4, 0.5) is 11.8 Å². The molecule has 1 aliphatic rings. The molecule has 4 rings (SSSR count). The lowest BCUT2D eigenvalue weighted by molar-refractivity contribution is 0.0943. The number of para-hydroxylation sites is 1. The van der Waals surface area contributed by atoms with Crippen molar-refractivity contribution in [2.24, 2.45) is 5.92 Å². The Bertz CT molecular complexity index is 997. The minimum atomic E-state index is 0.0108. The van der Waals surface area contributed by atoms with Crippen LogP contribution in [0.3, 0.4) is 0 Å². The molecule has 0 spiro atoms. The molecule has 0 radical (unpaired) electrons. The molecule has 1 aromatic heterocycles. The first kappa shape index (κ1) is 20.1. The summed E-state index contributed by atoms with van der Waals surface area (Å²) in [7, 11) is 4.01. The highest BCUT2D eigenvalue weighted by molar-refractivity contribution is 5.94. The first-order valence-corrected chi connectivity index (χ1v) is 10.6. The number of anilines is 2. The van der Waals surface area contributed by atoms with Gasteiger partial charge in [0.15, 0.2) is 0 Å². The van der Waals surface area contributed by atoms with Gasteiger partial charge in [-0.1, -0.05) is 30.3 Å². The lowest BCUT2D eigenvalue weighted by atomic mass is 9.86. The van der Waals surface area contributed by atoms with Gasteiger partial charge < -0.3 is 15.5 Å². The van der Waals surface area contributed by atoms with E-state index in [2.05, 4.69) is 16.7 Å². The molecule has 0 atom stereocenters. The Morgan fingerprint density at radius 1 is 0.967 bits per heavy atom. The van der Waals surface area contributed by atoms with E-state index in [1.54, 1.807) is 0 Å². The van der Waals surface area contributed by atoms with E-state index in [1.165, 1.54) is 0 Å². The average molecular weight is 404 g/mol. The van der Waals surface area contributed by atoms with Crippen LogP contribution < -0.4 is 15.5 Å². The summed E-state index contributed by atoms with van der Waals surface area (Å²) in [5.41, 5.74) is 1.68. The number of fused-ring (bicyclic) bond motifs is 1. The van der Waals surface area contributed by atoms with Crippen LogP contribution in [-0.4, -0.2) is 42.6 Å². The van der Waals surface area contributed by atoms with Crippen molar-refractivity contribution in [1.29, 1.82) is 0 Å². The fraction of sp³-hybridized carbons (Fsp3) is 0.375. The highest BCUT2D eigenvalue weighted by Crippen LogP contribution is 2.28. The first-order valence-electron chi connectivity index (χ1n) is 10.6. The van der Waals surface area contributed by atoms with Crippen LogP contribution in [0, 0.1) is 5.92 Å². The molecule has 3 aromatic rings. The second-order valence-electron chi connectivity index (χ2n) is 8.22. The summed E-state index contributed by atoms with van der Waals surface area (Å²) in [6.07, 6.45) is 4.28. The van der Waals surface area contributed by atoms with Gasteiger partial charge in [0.2, 0.25) is 5.95 Å². The van der Waals surface area contributed by atoms with Gasteiger partial charge in [0, 0.05) is 37.6 Å². The van der Waals surface area contributed by atoms with Crippen molar-refractivity contribution in [1.82, 2.24) is 15.3 Å². The van der Waals surface area contributed by atoms with Crippen molar-refractivity contribution in [2.75, 3.05) is 30.9 Å². The fourth-order valence-corrected chi connectivity index (χ4v) is 4.09. The Hall–Kier alpha value is -3.15. The Labute approximate surface area is 177 Å². The van der Waals surface area contributed by atoms with Gasteiger partial charge in [-0.2, -0.15) is 4.98 Å². The number of carbonyl (C=O) groups excluding carboxylic acids is 1. The fourth-order valence-electron chi connectivity index (χ4n) is 4.09. The van der Waals surface area contributed by atoms with Crippen molar-refractivity contribution in [3.05, 3.63) is 60.2 Å². The molecule has 1 heterocycles. The molecule has 6 heteroatoms. The van der Waals surface area contributed by atoms with Crippen LogP contribution >= 0.6 is 0 Å². The lowest BCUT2D eigenvalue weighted by Crippen LogP contribution is -2.34. The van der Waals surface area contributed by atoms with E-state index in [9.17, 15) is 4.79 Å². The van der Waals surface area contributed by atoms with Gasteiger partial charge in [0.1, 0.15) is 5.82 Å². The normalized spacial score (nSPS) is 18.7. The molecule has 2 N–H and O–H groups in total. The zero-order chi connectivity index (χ0) is 20.9. The summed E-state index contributed by atoms with van der Waals surface area (Å²) in [6, 6.07) is 17.9. The van der Waals surface area contributed by atoms with Crippen molar-refractivity contribution < 1.29 is 4.79 Å². The van der Waals surface area contributed by atoms with E-state index in [1.807, 2.05) is 67.5 Å². The van der Waals surface area contributed by atoms with E-state index in [0.717, 1.165) is 54.5 Å². The number of carbonyl (C=O) groups is 1. The van der Waals surface area contributed by atoms with Gasteiger partial charge in [0.25, 0.3) is 5.91 Å². The summed E-state index contributed by atoms with van der Waals surface area (Å²) in [5.74, 6) is 2.15. The molecule has 30 heavy (non-hydrogen) atoms. The Morgan fingerprint density at radius 2 is 1.67 bits per heavy atom. The predicted molar refractivity (Wildman–Crippen MR) is 122 cm³/mol. The molecule has 6 nitrogen and oxygen atoms in total. The number of hydrogen-bond acceptors (Lipinski definition) is 5. The molecule has 1 amide bonds. The quantitative estimate of drug-likeness (QED) is 0.649. The van der Waals surface area contributed by atoms with Crippen LogP contribution in [-0.2, 0) is 0 Å². The van der Waals surface area contributed by atoms with Gasteiger partial charge >= 0.3 is 0 Å². The maximum atomic E-state index is 12.2. The first-order chi connectivity index (χ1) is 14.6. The predicted octanol–water partition coefficient (Wildman–Crippen LogP) is 4.10.